The highest BCUT2D eigenvalue weighted by Gasteiger charge is 2.23. The average molecular weight is 272 g/mol. The molecule has 0 aliphatic rings. The Morgan fingerprint density at radius 3 is 2.06 bits per heavy atom. The first-order valence-corrected chi connectivity index (χ1v) is 7.85. The van der Waals surface area contributed by atoms with E-state index >= 15 is 0 Å². The quantitative estimate of drug-likeness (QED) is 0.860. The molecule has 0 aromatic heterocycles. The first kappa shape index (κ1) is 15.0. The van der Waals surface area contributed by atoms with Crippen LogP contribution in [0.4, 0.5) is 0 Å². The summed E-state index contributed by atoms with van der Waals surface area (Å²) in [6.45, 7) is 4.01. The van der Waals surface area contributed by atoms with Crippen LogP contribution >= 0.6 is 0 Å². The van der Waals surface area contributed by atoms with Gasteiger partial charge < -0.3 is 9.84 Å². The lowest BCUT2D eigenvalue weighted by Gasteiger charge is -2.25. The molecule has 0 fully saturated rings. The molecule has 0 atom stereocenters. The van der Waals surface area contributed by atoms with Crippen LogP contribution in [0.3, 0.4) is 0 Å². The Morgan fingerprint density at radius 2 is 1.67 bits per heavy atom. The summed E-state index contributed by atoms with van der Waals surface area (Å²) >= 11 is 0. The lowest BCUT2D eigenvalue weighted by molar-refractivity contribution is -0.0113. The van der Waals surface area contributed by atoms with Crippen molar-refractivity contribution >= 4 is 9.84 Å². The third-order valence-corrected chi connectivity index (χ3v) is 4.20. The Balaban J connectivity index is 2.71. The molecule has 0 radical (unpaired) electrons. The van der Waals surface area contributed by atoms with Gasteiger partial charge in [-0.05, 0) is 37.1 Å². The Hall–Kier alpha value is -1.07. The van der Waals surface area contributed by atoms with Crippen molar-refractivity contribution in [3.8, 4) is 5.75 Å². The molecule has 1 aromatic rings. The van der Waals surface area contributed by atoms with E-state index in [0.717, 1.165) is 6.26 Å². The fourth-order valence-electron chi connectivity index (χ4n) is 1.45. The highest BCUT2D eigenvalue weighted by atomic mass is 32.2. The first-order chi connectivity index (χ1) is 8.30. The molecule has 18 heavy (non-hydrogen) atoms. The predicted molar refractivity (Wildman–Crippen MR) is 70.6 cm³/mol. The van der Waals surface area contributed by atoms with E-state index in [9.17, 15) is 13.5 Å². The first-order valence-electron chi connectivity index (χ1n) is 5.96. The molecule has 102 valence electrons. The van der Waals surface area contributed by atoms with Crippen LogP contribution in [0.2, 0.25) is 0 Å². The van der Waals surface area contributed by atoms with Crippen LogP contribution in [0.15, 0.2) is 29.2 Å². The summed E-state index contributed by atoms with van der Waals surface area (Å²) in [4.78, 5) is 0.260. The van der Waals surface area contributed by atoms with E-state index in [-0.39, 0.29) is 11.5 Å². The number of ether oxygens (including phenoxy) is 1. The Bertz CT molecular complexity index is 472. The van der Waals surface area contributed by atoms with Gasteiger partial charge in [0.15, 0.2) is 9.84 Å². The van der Waals surface area contributed by atoms with Gasteiger partial charge >= 0.3 is 0 Å². The van der Waals surface area contributed by atoms with Crippen LogP contribution in [0.1, 0.15) is 26.7 Å². The van der Waals surface area contributed by atoms with Crippen molar-refractivity contribution in [3.05, 3.63) is 24.3 Å². The lowest BCUT2D eigenvalue weighted by Crippen LogP contribution is -2.34. The second kappa shape index (κ2) is 5.71. The predicted octanol–water partition coefficient (Wildman–Crippen LogP) is 2.02. The summed E-state index contributed by atoms with van der Waals surface area (Å²) in [6.07, 6.45) is 2.39. The third kappa shape index (κ3) is 3.99. The fourth-order valence-corrected chi connectivity index (χ4v) is 2.09. The number of hydrogen-bond acceptors (Lipinski definition) is 4. The molecule has 0 saturated carbocycles. The summed E-state index contributed by atoms with van der Waals surface area (Å²) in [5.74, 6) is 0.558. The van der Waals surface area contributed by atoms with Gasteiger partial charge in [0.25, 0.3) is 0 Å². The van der Waals surface area contributed by atoms with Crippen molar-refractivity contribution in [2.24, 2.45) is 0 Å². The SMILES string of the molecule is CCC(O)(CC)COc1ccc(S(C)(=O)=O)cc1. The highest BCUT2D eigenvalue weighted by Crippen LogP contribution is 2.20. The van der Waals surface area contributed by atoms with Gasteiger partial charge in [-0.1, -0.05) is 13.8 Å². The van der Waals surface area contributed by atoms with Crippen LogP contribution in [0.5, 0.6) is 5.75 Å². The summed E-state index contributed by atoms with van der Waals surface area (Å²) in [5, 5.41) is 10.1. The summed E-state index contributed by atoms with van der Waals surface area (Å²) in [7, 11) is -3.18. The molecule has 0 bridgehead atoms. The molecule has 5 heteroatoms. The molecule has 0 saturated heterocycles. The molecule has 0 spiro atoms. The van der Waals surface area contributed by atoms with Crippen molar-refractivity contribution in [1.29, 1.82) is 0 Å². The zero-order valence-corrected chi connectivity index (χ0v) is 11.8. The maximum atomic E-state index is 11.3. The Labute approximate surface area is 109 Å². The largest absolute Gasteiger partial charge is 0.491 e. The molecule has 1 rings (SSSR count). The maximum Gasteiger partial charge on any atom is 0.175 e. The topological polar surface area (TPSA) is 63.6 Å². The van der Waals surface area contributed by atoms with E-state index < -0.39 is 15.4 Å². The Morgan fingerprint density at radius 1 is 1.17 bits per heavy atom. The van der Waals surface area contributed by atoms with Crippen molar-refractivity contribution in [2.45, 2.75) is 37.2 Å². The standard InChI is InChI=1S/C13H20O4S/c1-4-13(14,5-2)10-17-11-6-8-12(9-7-11)18(3,15)16/h6-9,14H,4-5,10H2,1-3H3. The molecule has 1 N–H and O–H groups in total. The minimum atomic E-state index is -3.18. The maximum absolute atomic E-state index is 11.3. The molecule has 0 aliphatic heterocycles. The number of sulfone groups is 1. The van der Waals surface area contributed by atoms with Crippen molar-refractivity contribution in [2.75, 3.05) is 12.9 Å². The van der Waals surface area contributed by atoms with Crippen LogP contribution in [-0.2, 0) is 9.84 Å². The molecule has 1 aromatic carbocycles. The van der Waals surface area contributed by atoms with E-state index in [4.69, 9.17) is 4.74 Å². The van der Waals surface area contributed by atoms with Gasteiger partial charge in [-0.3, -0.25) is 0 Å². The van der Waals surface area contributed by atoms with E-state index in [1.54, 1.807) is 12.1 Å². The molecule has 4 nitrogen and oxygen atoms in total. The monoisotopic (exact) mass is 272 g/mol. The third-order valence-electron chi connectivity index (χ3n) is 3.08. The van der Waals surface area contributed by atoms with Crippen LogP contribution in [-0.4, -0.2) is 32.0 Å². The summed E-state index contributed by atoms with van der Waals surface area (Å²) in [5.41, 5.74) is -0.824. The lowest BCUT2D eigenvalue weighted by atomic mass is 9.99. The van der Waals surface area contributed by atoms with Crippen LogP contribution in [0.25, 0.3) is 0 Å². The molecular formula is C13H20O4S. The minimum Gasteiger partial charge on any atom is -0.491 e. The zero-order valence-electron chi connectivity index (χ0n) is 11.0. The van der Waals surface area contributed by atoms with E-state index in [0.29, 0.717) is 18.6 Å². The van der Waals surface area contributed by atoms with Gasteiger partial charge in [0.1, 0.15) is 12.4 Å². The number of hydrogen-bond donors (Lipinski definition) is 1. The minimum absolute atomic E-state index is 0.207. The number of rotatable bonds is 6. The normalized spacial score (nSPS) is 12.4. The number of benzene rings is 1. The molecule has 0 aliphatic carbocycles. The molecule has 0 heterocycles. The second-order valence-corrected chi connectivity index (χ2v) is 6.48. The average Bonchev–Trinajstić information content (AvgIpc) is 2.35. The highest BCUT2D eigenvalue weighted by molar-refractivity contribution is 7.90. The molecule has 0 amide bonds. The van der Waals surface area contributed by atoms with Gasteiger partial charge in [-0.25, -0.2) is 8.42 Å². The van der Waals surface area contributed by atoms with E-state index in [1.807, 2.05) is 13.8 Å². The van der Waals surface area contributed by atoms with Crippen LogP contribution in [0, 0.1) is 0 Å². The summed E-state index contributed by atoms with van der Waals surface area (Å²) in [6, 6.07) is 6.20. The fraction of sp³-hybridized carbons (Fsp3) is 0.538. The van der Waals surface area contributed by atoms with Gasteiger partial charge in [0.2, 0.25) is 0 Å². The van der Waals surface area contributed by atoms with Gasteiger partial charge in [0.05, 0.1) is 10.5 Å². The van der Waals surface area contributed by atoms with Gasteiger partial charge in [0, 0.05) is 6.26 Å². The smallest absolute Gasteiger partial charge is 0.175 e. The van der Waals surface area contributed by atoms with Gasteiger partial charge in [-0.15, -0.1) is 0 Å². The van der Waals surface area contributed by atoms with Crippen molar-refractivity contribution < 1.29 is 18.3 Å². The van der Waals surface area contributed by atoms with Crippen LogP contribution < -0.4 is 4.74 Å². The zero-order chi connectivity index (χ0) is 13.8. The number of aliphatic hydroxyl groups is 1. The summed E-state index contributed by atoms with van der Waals surface area (Å²) < 4.78 is 28.0. The Kier molecular flexibility index (Phi) is 4.76. The second-order valence-electron chi connectivity index (χ2n) is 4.46. The van der Waals surface area contributed by atoms with Gasteiger partial charge in [-0.2, -0.15) is 0 Å². The molecule has 0 unspecified atom stereocenters. The van der Waals surface area contributed by atoms with E-state index in [2.05, 4.69) is 0 Å². The molecular weight excluding hydrogens is 252 g/mol. The van der Waals surface area contributed by atoms with Crippen molar-refractivity contribution in [3.63, 3.8) is 0 Å². The van der Waals surface area contributed by atoms with Crippen molar-refractivity contribution in [1.82, 2.24) is 0 Å². The van der Waals surface area contributed by atoms with E-state index in [1.165, 1.54) is 12.1 Å².